The fraction of sp³-hybridized carbons (Fsp3) is 0.0625. The fourth-order valence-electron chi connectivity index (χ4n) is 4.65. The molecule has 0 unspecified atom stereocenters. The van der Waals surface area contributed by atoms with E-state index < -0.39 is 0 Å². The van der Waals surface area contributed by atoms with Gasteiger partial charge in [0.2, 0.25) is 0 Å². The molecule has 0 radical (unpaired) electrons. The Kier molecular flexibility index (Phi) is 6.41. The molecule has 196 valence electrons. The van der Waals surface area contributed by atoms with Crippen molar-refractivity contribution >= 4 is 33.2 Å². The molecule has 0 aliphatic rings. The van der Waals surface area contributed by atoms with Gasteiger partial charge in [0.1, 0.15) is 11.2 Å². The summed E-state index contributed by atoms with van der Waals surface area (Å²) in [6.45, 7) is 12.1. The Hall–Kier alpha value is -5.50. The highest BCUT2D eigenvalue weighted by Gasteiger charge is 2.16. The molecule has 0 fully saturated rings. The first-order valence-corrected chi connectivity index (χ1v) is 12.9. The number of H-pyrrole nitrogens is 2. The summed E-state index contributed by atoms with van der Waals surface area (Å²) < 4.78 is 1.98. The monoisotopic (exact) mass is 524 g/mol. The molecule has 40 heavy (non-hydrogen) atoms. The van der Waals surface area contributed by atoms with Crippen molar-refractivity contribution in [3.8, 4) is 17.2 Å². The van der Waals surface area contributed by atoms with Crippen molar-refractivity contribution in [3.63, 3.8) is 0 Å². The zero-order chi connectivity index (χ0) is 27.6. The number of hydrogen-bond acceptors (Lipinski definition) is 5. The van der Waals surface area contributed by atoms with Crippen LogP contribution in [0.25, 0.3) is 50.4 Å². The van der Waals surface area contributed by atoms with E-state index >= 15 is 0 Å². The van der Waals surface area contributed by atoms with Gasteiger partial charge in [0.25, 0.3) is 0 Å². The number of nitrogens with one attached hydrogen (secondary N) is 3. The minimum Gasteiger partial charge on any atom is -0.356 e. The summed E-state index contributed by atoms with van der Waals surface area (Å²) in [4.78, 5) is 17.4. The lowest BCUT2D eigenvalue weighted by Crippen LogP contribution is -2.09. The first kappa shape index (κ1) is 24.8. The zero-order valence-electron chi connectivity index (χ0n) is 22.3. The highest BCUT2D eigenvalue weighted by atomic mass is 15.1. The molecule has 8 nitrogen and oxygen atoms in total. The Morgan fingerprint density at radius 1 is 1.05 bits per heavy atom. The van der Waals surface area contributed by atoms with Gasteiger partial charge >= 0.3 is 0 Å². The Bertz CT molecular complexity index is 1930. The van der Waals surface area contributed by atoms with Crippen LogP contribution in [0.4, 0.5) is 0 Å². The number of allylic oxidation sites excluding steroid dienone is 4. The van der Waals surface area contributed by atoms with Crippen LogP contribution < -0.4 is 5.32 Å². The van der Waals surface area contributed by atoms with Crippen LogP contribution in [0.15, 0.2) is 110 Å². The number of aromatic amines is 2. The number of fused-ring (bicyclic) bond motifs is 2. The third-order valence-electron chi connectivity index (χ3n) is 6.71. The van der Waals surface area contributed by atoms with Crippen molar-refractivity contribution in [3.05, 3.63) is 127 Å². The normalized spacial score (nSPS) is 12.2. The lowest BCUT2D eigenvalue weighted by atomic mass is 10.1. The molecule has 2 aromatic carbocycles. The lowest BCUT2D eigenvalue weighted by molar-refractivity contribution is 1.06. The van der Waals surface area contributed by atoms with Crippen LogP contribution in [0.5, 0.6) is 0 Å². The van der Waals surface area contributed by atoms with Crippen LogP contribution >= 0.6 is 0 Å². The number of nitrogens with zero attached hydrogens (tertiary/aromatic N) is 5. The number of aromatic nitrogens is 7. The maximum Gasteiger partial charge on any atom is 0.159 e. The summed E-state index contributed by atoms with van der Waals surface area (Å²) in [6, 6.07) is 18.1. The highest BCUT2D eigenvalue weighted by Crippen LogP contribution is 2.30. The molecule has 0 bridgehead atoms. The molecule has 3 N–H and O–H groups in total. The van der Waals surface area contributed by atoms with E-state index in [-0.39, 0.29) is 0 Å². The zero-order valence-corrected chi connectivity index (χ0v) is 22.3. The standard InChI is InChI=1S/C32H28N8/c1-5-22(15-24(6-2)35-21(4)23-11-8-7-9-12-23)27-16-25-28(17-33-27)38-39-30(25)32-36-26-13-10-14-29(31(26)37-32)40-18-20(3)34-19-40/h5-19,35H,2,4H2,1,3H3,(H,36,37)(H,38,39)/b22-5+,24-15+. The second kappa shape index (κ2) is 10.3. The van der Waals surface area contributed by atoms with Crippen molar-refractivity contribution in [2.45, 2.75) is 13.8 Å². The number of para-hydroxylation sites is 1. The molecule has 0 spiro atoms. The van der Waals surface area contributed by atoms with Crippen molar-refractivity contribution in [2.75, 3.05) is 0 Å². The quantitative estimate of drug-likeness (QED) is 0.192. The van der Waals surface area contributed by atoms with Gasteiger partial charge in [-0.1, -0.05) is 55.6 Å². The third kappa shape index (κ3) is 4.63. The molecule has 6 aromatic rings. The van der Waals surface area contributed by atoms with E-state index in [0.717, 1.165) is 67.2 Å². The molecule has 0 aliphatic heterocycles. The molecule has 0 aliphatic carbocycles. The van der Waals surface area contributed by atoms with Crippen molar-refractivity contribution in [1.82, 2.24) is 40.0 Å². The summed E-state index contributed by atoms with van der Waals surface area (Å²) >= 11 is 0. The van der Waals surface area contributed by atoms with Gasteiger partial charge in [-0.25, -0.2) is 9.97 Å². The third-order valence-corrected chi connectivity index (χ3v) is 6.71. The van der Waals surface area contributed by atoms with Gasteiger partial charge < -0.3 is 14.9 Å². The Morgan fingerprint density at radius 2 is 1.90 bits per heavy atom. The molecule has 4 heterocycles. The largest absolute Gasteiger partial charge is 0.356 e. The first-order chi connectivity index (χ1) is 19.5. The lowest BCUT2D eigenvalue weighted by Gasteiger charge is -2.12. The molecule has 0 atom stereocenters. The Balaban J connectivity index is 1.36. The first-order valence-electron chi connectivity index (χ1n) is 12.9. The van der Waals surface area contributed by atoms with Crippen molar-refractivity contribution in [2.24, 2.45) is 0 Å². The molecular weight excluding hydrogens is 496 g/mol. The van der Waals surface area contributed by atoms with Crippen molar-refractivity contribution < 1.29 is 0 Å². The van der Waals surface area contributed by atoms with E-state index in [4.69, 9.17) is 9.97 Å². The maximum atomic E-state index is 4.94. The smallest absolute Gasteiger partial charge is 0.159 e. The maximum absolute atomic E-state index is 4.94. The Labute approximate surface area is 231 Å². The van der Waals surface area contributed by atoms with Crippen LogP contribution in [0.1, 0.15) is 23.9 Å². The van der Waals surface area contributed by atoms with E-state index in [9.17, 15) is 0 Å². The number of pyridine rings is 1. The number of imidazole rings is 2. The number of rotatable bonds is 8. The van der Waals surface area contributed by atoms with Crippen LogP contribution in [0, 0.1) is 6.92 Å². The van der Waals surface area contributed by atoms with Crippen LogP contribution in [0.2, 0.25) is 0 Å². The number of benzene rings is 2. The van der Waals surface area contributed by atoms with Gasteiger partial charge in [-0.05, 0) is 55.3 Å². The van der Waals surface area contributed by atoms with Gasteiger partial charge in [0, 0.05) is 23.0 Å². The molecule has 4 aromatic heterocycles. The SMILES string of the molecule is C=C/C(=C\C(=C/C)c1cc2c(-c3nc4c(-n5cnc(C)c5)cccc4[nH]3)n[nH]c2cn1)NC(=C)c1ccccc1. The molecular formula is C32H28N8. The number of aryl methyl sites for hydroxylation is 1. The van der Waals surface area contributed by atoms with Crippen LogP contribution in [-0.2, 0) is 0 Å². The second-order valence-corrected chi connectivity index (χ2v) is 9.39. The van der Waals surface area contributed by atoms with E-state index in [1.54, 1.807) is 18.6 Å². The molecule has 0 saturated heterocycles. The summed E-state index contributed by atoms with van der Waals surface area (Å²) in [6.07, 6.45) is 11.4. The summed E-state index contributed by atoms with van der Waals surface area (Å²) in [7, 11) is 0. The van der Waals surface area contributed by atoms with E-state index in [1.807, 2.05) is 91.4 Å². The van der Waals surface area contributed by atoms with Gasteiger partial charge in [-0.3, -0.25) is 10.1 Å². The molecule has 0 saturated carbocycles. The van der Waals surface area contributed by atoms with E-state index in [2.05, 4.69) is 38.6 Å². The minimum absolute atomic E-state index is 0.674. The van der Waals surface area contributed by atoms with Gasteiger partial charge in [-0.2, -0.15) is 5.10 Å². The fourth-order valence-corrected chi connectivity index (χ4v) is 4.65. The summed E-state index contributed by atoms with van der Waals surface area (Å²) in [5, 5.41) is 12.0. The van der Waals surface area contributed by atoms with Crippen LogP contribution in [0.3, 0.4) is 0 Å². The van der Waals surface area contributed by atoms with Crippen LogP contribution in [-0.4, -0.2) is 34.7 Å². The highest BCUT2D eigenvalue weighted by molar-refractivity contribution is 5.95. The number of hydrogen-bond donors (Lipinski definition) is 3. The van der Waals surface area contributed by atoms with Gasteiger partial charge in [0.15, 0.2) is 5.82 Å². The minimum atomic E-state index is 0.674. The van der Waals surface area contributed by atoms with Gasteiger partial charge in [0.05, 0.1) is 40.6 Å². The van der Waals surface area contributed by atoms with Crippen molar-refractivity contribution in [1.29, 1.82) is 0 Å². The average molecular weight is 525 g/mol. The summed E-state index contributed by atoms with van der Waals surface area (Å²) in [5.41, 5.74) is 9.55. The topological polar surface area (TPSA) is 100 Å². The van der Waals surface area contributed by atoms with E-state index in [1.165, 1.54) is 0 Å². The predicted molar refractivity (Wildman–Crippen MR) is 161 cm³/mol. The van der Waals surface area contributed by atoms with Gasteiger partial charge in [-0.15, -0.1) is 0 Å². The van der Waals surface area contributed by atoms with E-state index in [0.29, 0.717) is 5.82 Å². The predicted octanol–water partition coefficient (Wildman–Crippen LogP) is 6.73. The second-order valence-electron chi connectivity index (χ2n) is 9.39. The molecule has 6 rings (SSSR count). The molecule has 0 amide bonds. The Morgan fingerprint density at radius 3 is 2.65 bits per heavy atom. The molecule has 8 heteroatoms. The summed E-state index contributed by atoms with van der Waals surface area (Å²) in [5.74, 6) is 0.674. The average Bonchev–Trinajstić information content (AvgIpc) is 3.72.